The summed E-state index contributed by atoms with van der Waals surface area (Å²) in [5.41, 5.74) is 0. The molecule has 0 unspecified atom stereocenters. The minimum atomic E-state index is -0.932. The van der Waals surface area contributed by atoms with Crippen LogP contribution < -0.4 is 5.32 Å². The summed E-state index contributed by atoms with van der Waals surface area (Å²) in [6.45, 7) is 0.574. The summed E-state index contributed by atoms with van der Waals surface area (Å²) in [4.78, 5) is 10.4. The van der Waals surface area contributed by atoms with Gasteiger partial charge < -0.3 is 10.4 Å². The number of carboxylic acid groups (broad SMARTS) is 1. The molecule has 3 N–H and O–H groups in total. The van der Waals surface area contributed by atoms with Crippen LogP contribution in [0.5, 0.6) is 0 Å². The molecule has 1 fully saturated rings. The summed E-state index contributed by atoms with van der Waals surface area (Å²) in [5.74, 6) is 1.86. The predicted molar refractivity (Wildman–Crippen MR) is 59.4 cm³/mol. The van der Waals surface area contributed by atoms with Crippen molar-refractivity contribution in [1.82, 2.24) is 25.9 Å². The minimum absolute atomic E-state index is 0.479. The molecule has 7 nitrogen and oxygen atoms in total. The molecule has 0 aromatic carbocycles. The summed E-state index contributed by atoms with van der Waals surface area (Å²) < 4.78 is 0. The molecule has 1 aromatic heterocycles. The molecule has 1 aliphatic carbocycles. The molecule has 0 saturated heterocycles. The predicted octanol–water partition coefficient (Wildman–Crippen LogP) is 0.816. The molecule has 0 aliphatic heterocycles. The van der Waals surface area contributed by atoms with Crippen LogP contribution in [0.15, 0.2) is 0 Å². The number of hydrogen-bond donors (Lipinski definition) is 3. The Morgan fingerprint density at radius 1 is 1.35 bits per heavy atom. The fraction of sp³-hybridized carbons (Fsp3) is 0.800. The molecule has 1 saturated carbocycles. The van der Waals surface area contributed by atoms with Crippen molar-refractivity contribution in [2.75, 3.05) is 6.54 Å². The van der Waals surface area contributed by atoms with E-state index in [2.05, 4.69) is 25.9 Å². The van der Waals surface area contributed by atoms with Crippen LogP contribution in [0.3, 0.4) is 0 Å². The smallest absolute Gasteiger partial charge is 0.404 e. The quantitative estimate of drug-likeness (QED) is 0.721. The van der Waals surface area contributed by atoms with E-state index < -0.39 is 6.09 Å². The second-order valence-electron chi connectivity index (χ2n) is 4.60. The molecule has 2 rings (SSSR count). The van der Waals surface area contributed by atoms with Gasteiger partial charge in [-0.1, -0.05) is 5.21 Å². The Balaban J connectivity index is 1.69. The zero-order valence-corrected chi connectivity index (χ0v) is 9.59. The zero-order valence-electron chi connectivity index (χ0n) is 9.59. The first-order chi connectivity index (χ1) is 8.24. The Morgan fingerprint density at radius 3 is 2.65 bits per heavy atom. The van der Waals surface area contributed by atoms with Crippen LogP contribution >= 0.6 is 0 Å². The maximum atomic E-state index is 10.4. The van der Waals surface area contributed by atoms with Crippen molar-refractivity contribution in [3.8, 4) is 0 Å². The van der Waals surface area contributed by atoms with Crippen LogP contribution in [0.25, 0.3) is 0 Å². The molecule has 0 radical (unpaired) electrons. The van der Waals surface area contributed by atoms with Gasteiger partial charge in [-0.25, -0.2) is 4.79 Å². The molecule has 7 heteroatoms. The third kappa shape index (κ3) is 3.69. The number of amides is 1. The number of nitrogens with zero attached hydrogens (tertiary/aromatic N) is 3. The maximum Gasteiger partial charge on any atom is 0.404 e. The lowest BCUT2D eigenvalue weighted by Crippen LogP contribution is -2.30. The van der Waals surface area contributed by atoms with E-state index in [-0.39, 0.29) is 0 Å². The summed E-state index contributed by atoms with van der Waals surface area (Å²) in [7, 11) is 0. The van der Waals surface area contributed by atoms with E-state index in [1.54, 1.807) is 0 Å². The highest BCUT2D eigenvalue weighted by Gasteiger charge is 2.22. The van der Waals surface area contributed by atoms with Gasteiger partial charge >= 0.3 is 6.09 Å². The Bertz CT molecular complexity index is 346. The lowest BCUT2D eigenvalue weighted by Gasteiger charge is -2.27. The Hall–Kier alpha value is -1.66. The largest absolute Gasteiger partial charge is 0.465 e. The molecule has 1 aromatic rings. The van der Waals surface area contributed by atoms with Crippen molar-refractivity contribution >= 4 is 6.09 Å². The van der Waals surface area contributed by atoms with Crippen LogP contribution in [-0.2, 0) is 6.42 Å². The van der Waals surface area contributed by atoms with Crippen molar-refractivity contribution in [1.29, 1.82) is 0 Å². The Labute approximate surface area is 99.0 Å². The summed E-state index contributed by atoms with van der Waals surface area (Å²) >= 11 is 0. The van der Waals surface area contributed by atoms with Crippen molar-refractivity contribution in [2.24, 2.45) is 11.8 Å². The van der Waals surface area contributed by atoms with Crippen molar-refractivity contribution in [2.45, 2.75) is 32.1 Å². The lowest BCUT2D eigenvalue weighted by atomic mass is 9.80. The second kappa shape index (κ2) is 5.60. The van der Waals surface area contributed by atoms with Gasteiger partial charge in [0, 0.05) is 13.0 Å². The van der Waals surface area contributed by atoms with E-state index in [1.807, 2.05) is 0 Å². The second-order valence-corrected chi connectivity index (χ2v) is 4.60. The molecular formula is C10H17N5O2. The highest BCUT2D eigenvalue weighted by molar-refractivity contribution is 5.64. The number of aromatic nitrogens is 4. The summed E-state index contributed by atoms with van der Waals surface area (Å²) in [5, 5.41) is 24.9. The van der Waals surface area contributed by atoms with Gasteiger partial charge in [-0.05, 0) is 37.5 Å². The average molecular weight is 239 g/mol. The fourth-order valence-electron chi connectivity index (χ4n) is 2.40. The SMILES string of the molecule is O=C(O)NCC1CCC(Cc2nn[nH]n2)CC1. The van der Waals surface area contributed by atoms with E-state index in [1.165, 1.54) is 0 Å². The maximum absolute atomic E-state index is 10.4. The van der Waals surface area contributed by atoms with Gasteiger partial charge in [0.05, 0.1) is 0 Å². The van der Waals surface area contributed by atoms with Crippen LogP contribution in [0.4, 0.5) is 4.79 Å². The molecule has 1 aliphatic rings. The Kier molecular flexibility index (Phi) is 3.89. The topological polar surface area (TPSA) is 104 Å². The third-order valence-electron chi connectivity index (χ3n) is 3.37. The molecule has 0 spiro atoms. The molecule has 17 heavy (non-hydrogen) atoms. The third-order valence-corrected chi connectivity index (χ3v) is 3.37. The number of hydrogen-bond acceptors (Lipinski definition) is 4. The van der Waals surface area contributed by atoms with Gasteiger partial charge in [0.15, 0.2) is 5.82 Å². The van der Waals surface area contributed by atoms with Gasteiger partial charge in [-0.3, -0.25) is 0 Å². The highest BCUT2D eigenvalue weighted by Crippen LogP contribution is 2.29. The van der Waals surface area contributed by atoms with E-state index in [0.717, 1.165) is 37.9 Å². The van der Waals surface area contributed by atoms with Gasteiger partial charge in [0.25, 0.3) is 0 Å². The first-order valence-electron chi connectivity index (χ1n) is 5.93. The van der Waals surface area contributed by atoms with Crippen LogP contribution in [0, 0.1) is 11.8 Å². The molecule has 1 heterocycles. The van der Waals surface area contributed by atoms with E-state index in [0.29, 0.717) is 18.4 Å². The van der Waals surface area contributed by atoms with Gasteiger partial charge in [-0.2, -0.15) is 5.21 Å². The normalized spacial score (nSPS) is 24.5. The number of tetrazole rings is 1. The van der Waals surface area contributed by atoms with Crippen LogP contribution in [0.1, 0.15) is 31.5 Å². The van der Waals surface area contributed by atoms with Crippen molar-refractivity contribution in [3.05, 3.63) is 5.82 Å². The van der Waals surface area contributed by atoms with E-state index in [9.17, 15) is 4.79 Å². The van der Waals surface area contributed by atoms with Crippen molar-refractivity contribution in [3.63, 3.8) is 0 Å². The molecule has 0 atom stereocenters. The van der Waals surface area contributed by atoms with Gasteiger partial charge in [-0.15, -0.1) is 10.2 Å². The summed E-state index contributed by atoms with van der Waals surface area (Å²) in [6, 6.07) is 0. The van der Waals surface area contributed by atoms with Gasteiger partial charge in [0.2, 0.25) is 0 Å². The minimum Gasteiger partial charge on any atom is -0.465 e. The monoisotopic (exact) mass is 239 g/mol. The zero-order chi connectivity index (χ0) is 12.1. The first kappa shape index (κ1) is 11.8. The fourth-order valence-corrected chi connectivity index (χ4v) is 2.40. The lowest BCUT2D eigenvalue weighted by molar-refractivity contribution is 0.188. The number of carbonyl (C=O) groups is 1. The number of aromatic amines is 1. The number of nitrogens with one attached hydrogen (secondary N) is 2. The average Bonchev–Trinajstić information content (AvgIpc) is 2.81. The molecule has 1 amide bonds. The van der Waals surface area contributed by atoms with Gasteiger partial charge in [0.1, 0.15) is 0 Å². The molecule has 94 valence electrons. The molecule has 0 bridgehead atoms. The Morgan fingerprint density at radius 2 is 2.06 bits per heavy atom. The first-order valence-corrected chi connectivity index (χ1v) is 5.93. The highest BCUT2D eigenvalue weighted by atomic mass is 16.4. The number of H-pyrrole nitrogens is 1. The van der Waals surface area contributed by atoms with Crippen LogP contribution in [-0.4, -0.2) is 38.4 Å². The standard InChI is InChI=1S/C10H17N5O2/c16-10(17)11-6-8-3-1-7(2-4-8)5-9-12-14-15-13-9/h7-8,11H,1-6H2,(H,16,17)(H,12,13,14,15). The number of rotatable bonds is 4. The van der Waals surface area contributed by atoms with E-state index in [4.69, 9.17) is 5.11 Å². The molecular weight excluding hydrogens is 222 g/mol. The van der Waals surface area contributed by atoms with Crippen LogP contribution in [0.2, 0.25) is 0 Å². The van der Waals surface area contributed by atoms with Crippen molar-refractivity contribution < 1.29 is 9.90 Å². The van der Waals surface area contributed by atoms with E-state index >= 15 is 0 Å². The summed E-state index contributed by atoms with van der Waals surface area (Å²) in [6.07, 6.45) is 4.31.